The second kappa shape index (κ2) is 3.91. The van der Waals surface area contributed by atoms with Crippen molar-refractivity contribution in [2.45, 2.75) is 13.3 Å². The van der Waals surface area contributed by atoms with Crippen LogP contribution in [-0.4, -0.2) is 31.2 Å². The van der Waals surface area contributed by atoms with E-state index in [1.54, 1.807) is 21.0 Å². The number of carbonyl (C=O) groups is 2. The van der Waals surface area contributed by atoms with Gasteiger partial charge in [0.15, 0.2) is 0 Å². The molecule has 0 N–H and O–H groups in total. The van der Waals surface area contributed by atoms with Gasteiger partial charge < -0.3 is 9.69 Å². The zero-order valence-electron chi connectivity index (χ0n) is 7.63. The van der Waals surface area contributed by atoms with Gasteiger partial charge in [0.05, 0.1) is 5.41 Å². The van der Waals surface area contributed by atoms with Crippen molar-refractivity contribution in [3.8, 4) is 12.3 Å². The van der Waals surface area contributed by atoms with Crippen LogP contribution in [-0.2, 0) is 9.59 Å². The summed E-state index contributed by atoms with van der Waals surface area (Å²) in [5, 5.41) is 0. The molecule has 0 aliphatic rings. The fourth-order valence-corrected chi connectivity index (χ4v) is 0.599. The highest BCUT2D eigenvalue weighted by Crippen LogP contribution is 2.17. The van der Waals surface area contributed by atoms with Crippen LogP contribution in [0.1, 0.15) is 13.3 Å². The molecule has 0 spiro atoms. The highest BCUT2D eigenvalue weighted by atomic mass is 16.2. The highest BCUT2D eigenvalue weighted by molar-refractivity contribution is 5.81. The third-order valence-corrected chi connectivity index (χ3v) is 1.61. The molecule has 1 unspecified atom stereocenters. The fraction of sp³-hybridized carbons (Fsp3) is 0.556. The largest absolute Gasteiger partial charge is 0.349 e. The molecule has 0 fully saturated rings. The van der Waals surface area contributed by atoms with Gasteiger partial charge in [-0.2, -0.15) is 0 Å². The van der Waals surface area contributed by atoms with E-state index in [1.165, 1.54) is 4.90 Å². The SMILES string of the molecule is C#CC(C)(C=O)CC(=O)N(C)C. The molecule has 0 heterocycles. The summed E-state index contributed by atoms with van der Waals surface area (Å²) < 4.78 is 0. The van der Waals surface area contributed by atoms with E-state index >= 15 is 0 Å². The van der Waals surface area contributed by atoms with Gasteiger partial charge in [-0.25, -0.2) is 0 Å². The summed E-state index contributed by atoms with van der Waals surface area (Å²) >= 11 is 0. The Morgan fingerprint density at radius 1 is 1.67 bits per heavy atom. The maximum atomic E-state index is 11.1. The Kier molecular flexibility index (Phi) is 3.49. The minimum Gasteiger partial charge on any atom is -0.349 e. The van der Waals surface area contributed by atoms with Gasteiger partial charge in [0, 0.05) is 20.5 Å². The number of terminal acetylenes is 1. The molecule has 0 bridgehead atoms. The Labute approximate surface area is 72.7 Å². The van der Waals surface area contributed by atoms with E-state index in [4.69, 9.17) is 6.42 Å². The van der Waals surface area contributed by atoms with Crippen LogP contribution in [0.5, 0.6) is 0 Å². The van der Waals surface area contributed by atoms with Crippen molar-refractivity contribution in [3.05, 3.63) is 0 Å². The van der Waals surface area contributed by atoms with Crippen molar-refractivity contribution < 1.29 is 9.59 Å². The number of aldehydes is 1. The van der Waals surface area contributed by atoms with E-state index in [-0.39, 0.29) is 12.3 Å². The van der Waals surface area contributed by atoms with Gasteiger partial charge in [0.2, 0.25) is 5.91 Å². The van der Waals surface area contributed by atoms with Crippen molar-refractivity contribution in [1.82, 2.24) is 4.90 Å². The second-order valence-electron chi connectivity index (χ2n) is 3.14. The first-order valence-electron chi connectivity index (χ1n) is 3.59. The fourth-order valence-electron chi connectivity index (χ4n) is 0.599. The molecule has 0 radical (unpaired) electrons. The average Bonchev–Trinajstić information content (AvgIpc) is 2.04. The topological polar surface area (TPSA) is 37.4 Å². The minimum absolute atomic E-state index is 0.0694. The monoisotopic (exact) mass is 167 g/mol. The maximum Gasteiger partial charge on any atom is 0.224 e. The Morgan fingerprint density at radius 3 is 2.42 bits per heavy atom. The molecule has 3 heteroatoms. The molecule has 0 rings (SSSR count). The Morgan fingerprint density at radius 2 is 2.17 bits per heavy atom. The summed E-state index contributed by atoms with van der Waals surface area (Å²) in [4.78, 5) is 23.1. The van der Waals surface area contributed by atoms with Crippen molar-refractivity contribution in [2.24, 2.45) is 5.41 Å². The molecule has 0 aromatic carbocycles. The Balaban J connectivity index is 4.34. The van der Waals surface area contributed by atoms with E-state index < -0.39 is 5.41 Å². The van der Waals surface area contributed by atoms with Crippen LogP contribution in [0.3, 0.4) is 0 Å². The van der Waals surface area contributed by atoms with Gasteiger partial charge >= 0.3 is 0 Å². The van der Waals surface area contributed by atoms with Crippen LogP contribution in [0.15, 0.2) is 0 Å². The molecule has 0 saturated heterocycles. The first kappa shape index (κ1) is 10.7. The smallest absolute Gasteiger partial charge is 0.224 e. The third-order valence-electron chi connectivity index (χ3n) is 1.61. The molecule has 12 heavy (non-hydrogen) atoms. The molecule has 1 amide bonds. The summed E-state index contributed by atoms with van der Waals surface area (Å²) in [7, 11) is 3.26. The number of hydrogen-bond donors (Lipinski definition) is 0. The normalized spacial score (nSPS) is 14.2. The number of hydrogen-bond acceptors (Lipinski definition) is 2. The standard InChI is InChI=1S/C9H13NO2/c1-5-9(2,7-11)6-8(12)10(3)4/h1,7H,6H2,2-4H3. The predicted molar refractivity (Wildman–Crippen MR) is 46.3 cm³/mol. The Bertz CT molecular complexity index is 227. The summed E-state index contributed by atoms with van der Waals surface area (Å²) in [6.07, 6.45) is 5.82. The molecular weight excluding hydrogens is 154 g/mol. The molecule has 1 atom stereocenters. The van der Waals surface area contributed by atoms with Gasteiger partial charge in [-0.3, -0.25) is 4.79 Å². The quantitative estimate of drug-likeness (QED) is 0.448. The van der Waals surface area contributed by atoms with Gasteiger partial charge in [-0.05, 0) is 6.92 Å². The molecule has 0 aliphatic carbocycles. The molecule has 0 aliphatic heterocycles. The molecule has 0 saturated carbocycles. The zero-order chi connectivity index (χ0) is 9.78. The summed E-state index contributed by atoms with van der Waals surface area (Å²) in [6, 6.07) is 0. The molecule has 0 aromatic rings. The minimum atomic E-state index is -0.957. The summed E-state index contributed by atoms with van der Waals surface area (Å²) in [6.45, 7) is 1.57. The van der Waals surface area contributed by atoms with Gasteiger partial charge in [-0.15, -0.1) is 6.42 Å². The number of amides is 1. The van der Waals surface area contributed by atoms with Gasteiger partial charge in [0.1, 0.15) is 6.29 Å². The van der Waals surface area contributed by atoms with E-state index in [9.17, 15) is 9.59 Å². The second-order valence-corrected chi connectivity index (χ2v) is 3.14. The lowest BCUT2D eigenvalue weighted by Crippen LogP contribution is -2.29. The predicted octanol–water partition coefficient (Wildman–Crippen LogP) is 0.303. The summed E-state index contributed by atoms with van der Waals surface area (Å²) in [5.41, 5.74) is -0.957. The van der Waals surface area contributed by atoms with E-state index in [2.05, 4.69) is 5.92 Å². The van der Waals surface area contributed by atoms with Gasteiger partial charge in [0.25, 0.3) is 0 Å². The number of nitrogens with zero attached hydrogens (tertiary/aromatic N) is 1. The van der Waals surface area contributed by atoms with E-state index in [1.807, 2.05) is 0 Å². The van der Waals surface area contributed by atoms with Crippen LogP contribution in [0.4, 0.5) is 0 Å². The molecular formula is C9H13NO2. The maximum absolute atomic E-state index is 11.1. The molecule has 66 valence electrons. The first-order chi connectivity index (χ1) is 5.45. The van der Waals surface area contributed by atoms with Crippen molar-refractivity contribution in [3.63, 3.8) is 0 Å². The van der Waals surface area contributed by atoms with Crippen LogP contribution < -0.4 is 0 Å². The number of carbonyl (C=O) groups excluding carboxylic acids is 2. The van der Waals surface area contributed by atoms with Gasteiger partial charge in [-0.1, -0.05) is 5.92 Å². The third kappa shape index (κ3) is 2.75. The van der Waals surface area contributed by atoms with Crippen LogP contribution in [0.2, 0.25) is 0 Å². The van der Waals surface area contributed by atoms with Crippen molar-refractivity contribution in [1.29, 1.82) is 0 Å². The van der Waals surface area contributed by atoms with E-state index in [0.29, 0.717) is 6.29 Å². The number of rotatable bonds is 3. The molecule has 0 aromatic heterocycles. The lowest BCUT2D eigenvalue weighted by Gasteiger charge is -2.17. The lowest BCUT2D eigenvalue weighted by molar-refractivity contribution is -0.132. The Hall–Kier alpha value is -1.30. The highest BCUT2D eigenvalue weighted by Gasteiger charge is 2.24. The zero-order valence-corrected chi connectivity index (χ0v) is 7.63. The average molecular weight is 167 g/mol. The van der Waals surface area contributed by atoms with Crippen molar-refractivity contribution >= 4 is 12.2 Å². The van der Waals surface area contributed by atoms with Crippen LogP contribution >= 0.6 is 0 Å². The molecule has 3 nitrogen and oxygen atoms in total. The lowest BCUT2D eigenvalue weighted by atomic mass is 9.89. The summed E-state index contributed by atoms with van der Waals surface area (Å²) in [5.74, 6) is 2.16. The van der Waals surface area contributed by atoms with Crippen LogP contribution in [0, 0.1) is 17.8 Å². The first-order valence-corrected chi connectivity index (χ1v) is 3.59. The van der Waals surface area contributed by atoms with Crippen LogP contribution in [0.25, 0.3) is 0 Å². The van der Waals surface area contributed by atoms with Crippen molar-refractivity contribution in [2.75, 3.05) is 14.1 Å². The van der Waals surface area contributed by atoms with E-state index in [0.717, 1.165) is 0 Å².